The predicted octanol–water partition coefficient (Wildman–Crippen LogP) is 3.69. The number of carboxylic acid groups (broad SMARTS) is 1. The van der Waals surface area contributed by atoms with E-state index in [2.05, 4.69) is 16.0 Å². The predicted molar refractivity (Wildman–Crippen MR) is 115 cm³/mol. The number of hydrogen-bond donors (Lipinski definition) is 4. The zero-order chi connectivity index (χ0) is 21.8. The van der Waals surface area contributed by atoms with E-state index < -0.39 is 23.9 Å². The Balaban J connectivity index is 1.52. The molecule has 0 spiro atoms. The number of halogens is 2. The smallest absolute Gasteiger partial charge is 0.328 e. The van der Waals surface area contributed by atoms with E-state index in [1.54, 1.807) is 6.07 Å². The summed E-state index contributed by atoms with van der Waals surface area (Å²) in [6, 6.07) is 2.81. The van der Waals surface area contributed by atoms with Crippen LogP contribution in [0, 0.1) is 17.8 Å². The first kappa shape index (κ1) is 22.7. The van der Waals surface area contributed by atoms with E-state index in [1.165, 1.54) is 37.8 Å². The van der Waals surface area contributed by atoms with Crippen molar-refractivity contribution in [2.45, 2.75) is 51.1 Å². The number of carboxylic acids is 1. The Hall–Kier alpha value is -1.99. The normalized spacial score (nSPS) is 24.6. The first-order valence-electron chi connectivity index (χ1n) is 10.3. The fourth-order valence-electron chi connectivity index (χ4n) is 4.75. The quantitative estimate of drug-likeness (QED) is 0.502. The number of fused-ring (bicyclic) bond motifs is 3. The SMILES string of the molecule is CC(NC(=O)NC[C@H](NC(=O)c1c(Cl)cccc1Cl)C(=O)O)C1CC2CCC1CC2. The van der Waals surface area contributed by atoms with Crippen LogP contribution in [0.15, 0.2) is 18.2 Å². The highest BCUT2D eigenvalue weighted by atomic mass is 35.5. The lowest BCUT2D eigenvalue weighted by molar-refractivity contribution is -0.139. The van der Waals surface area contributed by atoms with Gasteiger partial charge in [-0.1, -0.05) is 42.1 Å². The molecule has 1 aromatic carbocycles. The first-order chi connectivity index (χ1) is 14.3. The molecule has 0 heterocycles. The Kier molecular flexibility index (Phi) is 7.47. The third-order valence-electron chi connectivity index (χ3n) is 6.36. The van der Waals surface area contributed by atoms with E-state index in [4.69, 9.17) is 23.2 Å². The largest absolute Gasteiger partial charge is 0.480 e. The molecule has 7 nitrogen and oxygen atoms in total. The van der Waals surface area contributed by atoms with Crippen LogP contribution in [-0.2, 0) is 4.79 Å². The maximum absolute atomic E-state index is 12.4. The average molecular weight is 456 g/mol. The number of urea groups is 1. The van der Waals surface area contributed by atoms with Crippen molar-refractivity contribution in [3.8, 4) is 0 Å². The monoisotopic (exact) mass is 455 g/mol. The number of amides is 3. The van der Waals surface area contributed by atoms with Crippen LogP contribution >= 0.6 is 23.2 Å². The van der Waals surface area contributed by atoms with Crippen LogP contribution in [0.1, 0.15) is 49.4 Å². The van der Waals surface area contributed by atoms with E-state index in [-0.39, 0.29) is 28.2 Å². The second-order valence-corrected chi connectivity index (χ2v) is 9.10. The maximum atomic E-state index is 12.4. The summed E-state index contributed by atoms with van der Waals surface area (Å²) in [6.45, 7) is 1.74. The van der Waals surface area contributed by atoms with Crippen LogP contribution in [0.3, 0.4) is 0 Å². The highest BCUT2D eigenvalue weighted by Crippen LogP contribution is 2.46. The molecule has 164 valence electrons. The summed E-state index contributed by atoms with van der Waals surface area (Å²) in [5.74, 6) is -0.121. The molecule has 30 heavy (non-hydrogen) atoms. The molecule has 3 saturated carbocycles. The lowest BCUT2D eigenvalue weighted by atomic mass is 9.63. The van der Waals surface area contributed by atoms with Gasteiger partial charge in [-0.25, -0.2) is 9.59 Å². The van der Waals surface area contributed by atoms with Crippen molar-refractivity contribution in [2.24, 2.45) is 17.8 Å². The second-order valence-electron chi connectivity index (χ2n) is 8.28. The first-order valence-corrected chi connectivity index (χ1v) is 11.0. The zero-order valence-corrected chi connectivity index (χ0v) is 18.3. The summed E-state index contributed by atoms with van der Waals surface area (Å²) in [7, 11) is 0. The molecule has 3 amide bonds. The highest BCUT2D eigenvalue weighted by Gasteiger charge is 2.38. The Morgan fingerprint density at radius 1 is 1.10 bits per heavy atom. The van der Waals surface area contributed by atoms with E-state index in [1.807, 2.05) is 6.92 Å². The molecule has 2 unspecified atom stereocenters. The molecule has 1 aromatic rings. The number of hydrogen-bond acceptors (Lipinski definition) is 3. The molecule has 0 aliphatic heterocycles. The number of benzene rings is 1. The lowest BCUT2D eigenvalue weighted by Gasteiger charge is -2.45. The topological polar surface area (TPSA) is 108 Å². The van der Waals surface area contributed by atoms with Gasteiger partial charge in [-0.2, -0.15) is 0 Å². The summed E-state index contributed by atoms with van der Waals surface area (Å²) >= 11 is 12.0. The van der Waals surface area contributed by atoms with E-state index in [0.717, 1.165) is 12.3 Å². The van der Waals surface area contributed by atoms with Crippen molar-refractivity contribution in [3.05, 3.63) is 33.8 Å². The van der Waals surface area contributed by atoms with Crippen molar-refractivity contribution in [1.82, 2.24) is 16.0 Å². The number of rotatable bonds is 7. The molecule has 3 aliphatic carbocycles. The molecule has 0 saturated heterocycles. The number of carbonyl (C=O) groups is 3. The molecule has 4 rings (SSSR count). The van der Waals surface area contributed by atoms with Gasteiger partial charge in [0.1, 0.15) is 6.04 Å². The minimum absolute atomic E-state index is 0.00231. The van der Waals surface area contributed by atoms with Gasteiger partial charge in [-0.3, -0.25) is 4.79 Å². The summed E-state index contributed by atoms with van der Waals surface area (Å²) in [5, 5.41) is 17.5. The van der Waals surface area contributed by atoms with Crippen molar-refractivity contribution in [1.29, 1.82) is 0 Å². The van der Waals surface area contributed by atoms with Crippen molar-refractivity contribution >= 4 is 41.1 Å². The molecule has 9 heteroatoms. The van der Waals surface area contributed by atoms with Gasteiger partial charge < -0.3 is 21.1 Å². The maximum Gasteiger partial charge on any atom is 0.328 e. The van der Waals surface area contributed by atoms with Crippen molar-refractivity contribution < 1.29 is 19.5 Å². The molecule has 3 fully saturated rings. The summed E-state index contributed by atoms with van der Waals surface area (Å²) in [6.07, 6.45) is 6.16. The van der Waals surface area contributed by atoms with Gasteiger partial charge in [-0.15, -0.1) is 0 Å². The molecule has 0 radical (unpaired) electrons. The fourth-order valence-corrected chi connectivity index (χ4v) is 5.32. The highest BCUT2D eigenvalue weighted by molar-refractivity contribution is 6.39. The Labute approximate surface area is 185 Å². The molecule has 0 aromatic heterocycles. The van der Waals surface area contributed by atoms with E-state index in [0.29, 0.717) is 11.8 Å². The summed E-state index contributed by atoms with van der Waals surface area (Å²) in [5.41, 5.74) is -0.00231. The number of aliphatic carboxylic acids is 1. The third-order valence-corrected chi connectivity index (χ3v) is 6.99. The van der Waals surface area contributed by atoms with Crippen LogP contribution in [0.5, 0.6) is 0 Å². The number of carbonyl (C=O) groups excluding carboxylic acids is 2. The molecule has 3 aliphatic rings. The Morgan fingerprint density at radius 2 is 1.73 bits per heavy atom. The van der Waals surface area contributed by atoms with Gasteiger partial charge in [0.05, 0.1) is 22.2 Å². The van der Waals surface area contributed by atoms with Gasteiger partial charge in [0.15, 0.2) is 0 Å². The molecular weight excluding hydrogens is 429 g/mol. The Bertz CT molecular complexity index is 791. The average Bonchev–Trinajstić information content (AvgIpc) is 2.71. The summed E-state index contributed by atoms with van der Waals surface area (Å²) in [4.78, 5) is 36.3. The minimum atomic E-state index is -1.32. The molecule has 4 N–H and O–H groups in total. The fraction of sp³-hybridized carbons (Fsp3) is 0.571. The van der Waals surface area contributed by atoms with Crippen molar-refractivity contribution in [3.63, 3.8) is 0 Å². The minimum Gasteiger partial charge on any atom is -0.480 e. The van der Waals surface area contributed by atoms with Gasteiger partial charge in [0, 0.05) is 6.04 Å². The molecule has 3 atom stereocenters. The van der Waals surface area contributed by atoms with Crippen LogP contribution in [0.25, 0.3) is 0 Å². The van der Waals surface area contributed by atoms with Crippen LogP contribution in [0.2, 0.25) is 10.0 Å². The van der Waals surface area contributed by atoms with Gasteiger partial charge in [0.25, 0.3) is 5.91 Å². The van der Waals surface area contributed by atoms with Crippen LogP contribution < -0.4 is 16.0 Å². The lowest BCUT2D eigenvalue weighted by Crippen LogP contribution is -2.53. The molecular formula is C21H27Cl2N3O4. The van der Waals surface area contributed by atoms with Crippen molar-refractivity contribution in [2.75, 3.05) is 6.54 Å². The van der Waals surface area contributed by atoms with Crippen LogP contribution in [-0.4, -0.2) is 41.6 Å². The van der Waals surface area contributed by atoms with E-state index >= 15 is 0 Å². The second kappa shape index (κ2) is 9.88. The van der Waals surface area contributed by atoms with Crippen LogP contribution in [0.4, 0.5) is 4.79 Å². The van der Waals surface area contributed by atoms with Gasteiger partial charge in [-0.05, 0) is 56.1 Å². The van der Waals surface area contributed by atoms with Gasteiger partial charge >= 0.3 is 12.0 Å². The molecule has 2 bridgehead atoms. The number of nitrogens with one attached hydrogen (secondary N) is 3. The standard InChI is InChI=1S/C21H27Cl2N3O4/c1-11(14-9-12-5-7-13(14)8-6-12)25-21(30)24-10-17(20(28)29)26-19(27)18-15(22)3-2-4-16(18)23/h2-4,11-14,17H,5-10H2,1H3,(H,26,27)(H,28,29)(H2,24,25,30)/t11?,12?,13?,14?,17-/m0/s1. The zero-order valence-electron chi connectivity index (χ0n) is 16.8. The Morgan fingerprint density at radius 3 is 2.27 bits per heavy atom. The summed E-state index contributed by atoms with van der Waals surface area (Å²) < 4.78 is 0. The third kappa shape index (κ3) is 5.38. The van der Waals surface area contributed by atoms with E-state index in [9.17, 15) is 19.5 Å². The van der Waals surface area contributed by atoms with Gasteiger partial charge in [0.2, 0.25) is 0 Å².